The fourth-order valence-corrected chi connectivity index (χ4v) is 2.61. The molecule has 1 saturated carbocycles. The summed E-state index contributed by atoms with van der Waals surface area (Å²) in [6.07, 6.45) is 3.51. The van der Waals surface area contributed by atoms with Gasteiger partial charge in [-0.3, -0.25) is 4.79 Å². The molecule has 1 aliphatic rings. The Bertz CT molecular complexity index is 557. The lowest BCUT2D eigenvalue weighted by Gasteiger charge is -2.28. The maximum atomic E-state index is 13.8. The van der Waals surface area contributed by atoms with Gasteiger partial charge in [-0.05, 0) is 25.0 Å². The molecule has 5 nitrogen and oxygen atoms in total. The first-order valence-electron chi connectivity index (χ1n) is 6.75. The highest BCUT2D eigenvalue weighted by atomic mass is 19.1. The van der Waals surface area contributed by atoms with Gasteiger partial charge in [0.25, 0.3) is 5.91 Å². The Hall–Kier alpha value is -2.18. The first-order valence-corrected chi connectivity index (χ1v) is 6.75. The van der Waals surface area contributed by atoms with Gasteiger partial charge in [-0.25, -0.2) is 8.78 Å². The van der Waals surface area contributed by atoms with Gasteiger partial charge in [-0.1, -0.05) is 18.0 Å². The highest BCUT2D eigenvalue weighted by molar-refractivity contribution is 5.97. The zero-order valence-corrected chi connectivity index (χ0v) is 11.4. The maximum absolute atomic E-state index is 13.8. The molecule has 21 heavy (non-hydrogen) atoms. The van der Waals surface area contributed by atoms with Gasteiger partial charge in [0.1, 0.15) is 11.6 Å². The molecule has 0 aromatic heterocycles. The summed E-state index contributed by atoms with van der Waals surface area (Å²) in [5.74, 6) is -2.36. The van der Waals surface area contributed by atoms with Gasteiger partial charge in [-0.2, -0.15) is 0 Å². The second-order valence-corrected chi connectivity index (χ2v) is 5.09. The van der Waals surface area contributed by atoms with Crippen molar-refractivity contribution in [1.82, 2.24) is 4.90 Å². The van der Waals surface area contributed by atoms with E-state index in [9.17, 15) is 13.6 Å². The molecule has 114 valence electrons. The minimum absolute atomic E-state index is 0.0812. The summed E-state index contributed by atoms with van der Waals surface area (Å²) >= 11 is 0. The van der Waals surface area contributed by atoms with Crippen LogP contribution in [0, 0.1) is 11.6 Å². The van der Waals surface area contributed by atoms with Crippen LogP contribution in [-0.2, 0) is 0 Å². The number of hydrogen-bond acceptors (Lipinski definition) is 3. The molecule has 1 aromatic rings. The smallest absolute Gasteiger partial charge is 0.257 e. The Morgan fingerprint density at radius 1 is 1.38 bits per heavy atom. The van der Waals surface area contributed by atoms with E-state index in [0.29, 0.717) is 6.07 Å². The van der Waals surface area contributed by atoms with Crippen LogP contribution in [-0.4, -0.2) is 34.4 Å². The lowest BCUT2D eigenvalue weighted by atomic mass is 10.1. The van der Waals surface area contributed by atoms with Crippen molar-refractivity contribution in [3.63, 3.8) is 0 Å². The topological polar surface area (TPSA) is 78.9 Å². The maximum Gasteiger partial charge on any atom is 0.257 e. The summed E-state index contributed by atoms with van der Waals surface area (Å²) in [7, 11) is 0. The number of carbonyl (C=O) groups excluding carboxylic acids is 1. The molecule has 0 spiro atoms. The number of halogens is 2. The van der Waals surface area contributed by atoms with E-state index in [1.165, 1.54) is 4.90 Å². The molecule has 0 unspecified atom stereocenters. The monoisotopic (exact) mass is 297 g/mol. The minimum atomic E-state index is -0.914. The van der Waals surface area contributed by atoms with Crippen LogP contribution in [0.4, 0.5) is 8.78 Å². The molecular weight excluding hydrogens is 280 g/mol. The van der Waals surface area contributed by atoms with Gasteiger partial charge < -0.3 is 15.8 Å². The fourth-order valence-electron chi connectivity index (χ4n) is 2.61. The van der Waals surface area contributed by atoms with E-state index in [1.807, 2.05) is 0 Å². The Morgan fingerprint density at radius 2 is 2.05 bits per heavy atom. The molecule has 0 atom stereocenters. The fraction of sp³-hybridized carbons (Fsp3) is 0.429. The number of oxime groups is 1. The molecule has 0 aliphatic heterocycles. The average Bonchev–Trinajstić information content (AvgIpc) is 2.97. The van der Waals surface area contributed by atoms with Gasteiger partial charge >= 0.3 is 0 Å². The first-order chi connectivity index (χ1) is 10.0. The number of nitrogens with two attached hydrogens (primary N) is 1. The van der Waals surface area contributed by atoms with Gasteiger partial charge in [0.2, 0.25) is 0 Å². The van der Waals surface area contributed by atoms with E-state index in [2.05, 4.69) is 5.16 Å². The van der Waals surface area contributed by atoms with Crippen molar-refractivity contribution in [2.75, 3.05) is 6.54 Å². The predicted molar refractivity (Wildman–Crippen MR) is 73.1 cm³/mol. The summed E-state index contributed by atoms with van der Waals surface area (Å²) in [5, 5.41) is 11.5. The molecule has 0 radical (unpaired) electrons. The minimum Gasteiger partial charge on any atom is -0.409 e. The molecule has 0 heterocycles. The van der Waals surface area contributed by atoms with Crippen LogP contribution in [0.25, 0.3) is 0 Å². The highest BCUT2D eigenvalue weighted by Crippen LogP contribution is 2.25. The summed E-state index contributed by atoms with van der Waals surface area (Å²) in [4.78, 5) is 13.9. The van der Waals surface area contributed by atoms with E-state index in [4.69, 9.17) is 10.9 Å². The van der Waals surface area contributed by atoms with E-state index in [1.54, 1.807) is 0 Å². The van der Waals surface area contributed by atoms with Gasteiger partial charge in [0, 0.05) is 12.1 Å². The summed E-state index contributed by atoms with van der Waals surface area (Å²) in [5.41, 5.74) is 5.26. The van der Waals surface area contributed by atoms with Crippen LogP contribution in [0.3, 0.4) is 0 Å². The van der Waals surface area contributed by atoms with Crippen molar-refractivity contribution in [2.24, 2.45) is 10.9 Å². The highest BCUT2D eigenvalue weighted by Gasteiger charge is 2.29. The third-order valence-electron chi connectivity index (χ3n) is 3.65. The molecular formula is C14H17F2N3O2. The van der Waals surface area contributed by atoms with Crippen molar-refractivity contribution in [3.05, 3.63) is 35.4 Å². The molecule has 1 aliphatic carbocycles. The number of hydrogen-bond donors (Lipinski definition) is 2. The predicted octanol–water partition coefficient (Wildman–Crippen LogP) is 2.10. The zero-order valence-electron chi connectivity index (χ0n) is 11.4. The van der Waals surface area contributed by atoms with Crippen LogP contribution in [0.5, 0.6) is 0 Å². The molecule has 7 heteroatoms. The van der Waals surface area contributed by atoms with E-state index >= 15 is 0 Å². The van der Waals surface area contributed by atoms with Crippen molar-refractivity contribution in [2.45, 2.75) is 31.7 Å². The van der Waals surface area contributed by atoms with Crippen LogP contribution in [0.1, 0.15) is 36.0 Å². The molecule has 1 amide bonds. The van der Waals surface area contributed by atoms with E-state index in [-0.39, 0.29) is 24.0 Å². The Labute approximate surface area is 121 Å². The van der Waals surface area contributed by atoms with Crippen molar-refractivity contribution in [1.29, 1.82) is 0 Å². The second kappa shape index (κ2) is 6.51. The van der Waals surface area contributed by atoms with Gasteiger partial charge in [0.15, 0.2) is 5.84 Å². The molecule has 1 aromatic carbocycles. The van der Waals surface area contributed by atoms with Gasteiger partial charge in [0.05, 0.1) is 12.1 Å². The van der Waals surface area contributed by atoms with E-state index in [0.717, 1.165) is 37.8 Å². The van der Waals surface area contributed by atoms with Crippen LogP contribution < -0.4 is 5.73 Å². The van der Waals surface area contributed by atoms with Crippen LogP contribution >= 0.6 is 0 Å². The third-order valence-corrected chi connectivity index (χ3v) is 3.65. The first kappa shape index (κ1) is 15.2. The van der Waals surface area contributed by atoms with Crippen LogP contribution in [0.15, 0.2) is 23.4 Å². The van der Waals surface area contributed by atoms with E-state index < -0.39 is 17.5 Å². The Balaban J connectivity index is 2.28. The number of nitrogens with zero attached hydrogens (tertiary/aromatic N) is 2. The normalized spacial score (nSPS) is 16.2. The standard InChI is InChI=1S/C14H17F2N3O2/c15-9-5-6-11(12(16)7-9)14(20)19(8-13(17)18-21)10-3-1-2-4-10/h5-7,10,21H,1-4,8H2,(H2,17,18). The zero-order chi connectivity index (χ0) is 15.4. The molecule has 3 N–H and O–H groups in total. The SMILES string of the molecule is NC(CN(C(=O)c1ccc(F)cc1F)C1CCCC1)=NO. The summed E-state index contributed by atoms with van der Waals surface area (Å²) < 4.78 is 26.7. The number of amides is 1. The molecule has 1 fully saturated rings. The van der Waals surface area contributed by atoms with Crippen molar-refractivity contribution >= 4 is 11.7 Å². The van der Waals surface area contributed by atoms with Crippen LogP contribution in [0.2, 0.25) is 0 Å². The third kappa shape index (κ3) is 3.48. The quantitative estimate of drug-likeness (QED) is 0.386. The largest absolute Gasteiger partial charge is 0.409 e. The van der Waals surface area contributed by atoms with Crippen molar-refractivity contribution in [3.8, 4) is 0 Å². The lowest BCUT2D eigenvalue weighted by Crippen LogP contribution is -2.44. The summed E-state index contributed by atoms with van der Waals surface area (Å²) in [6, 6.07) is 2.74. The number of carbonyl (C=O) groups is 1. The number of benzene rings is 1. The van der Waals surface area contributed by atoms with Crippen molar-refractivity contribution < 1.29 is 18.8 Å². The summed E-state index contributed by atoms with van der Waals surface area (Å²) in [6.45, 7) is -0.0865. The molecule has 0 bridgehead atoms. The lowest BCUT2D eigenvalue weighted by molar-refractivity contribution is 0.0707. The Kier molecular flexibility index (Phi) is 4.72. The Morgan fingerprint density at radius 3 is 2.62 bits per heavy atom. The van der Waals surface area contributed by atoms with Gasteiger partial charge in [-0.15, -0.1) is 0 Å². The number of rotatable bonds is 4. The molecule has 0 saturated heterocycles. The number of amidine groups is 1. The second-order valence-electron chi connectivity index (χ2n) is 5.09. The molecule has 2 rings (SSSR count). The average molecular weight is 297 g/mol.